The van der Waals surface area contributed by atoms with E-state index in [2.05, 4.69) is 10.4 Å². The smallest absolute Gasteiger partial charge is 0.270 e. The van der Waals surface area contributed by atoms with Crippen molar-refractivity contribution in [3.8, 4) is 0 Å². The highest BCUT2D eigenvalue weighted by atomic mass is 16.6. The maximum atomic E-state index is 10.9. The first kappa shape index (κ1) is 13.2. The highest BCUT2D eigenvalue weighted by molar-refractivity contribution is 5.86. The number of aromatic nitrogens is 1. The van der Waals surface area contributed by atoms with Crippen LogP contribution in [0.25, 0.3) is 10.9 Å². The maximum absolute atomic E-state index is 10.9. The van der Waals surface area contributed by atoms with E-state index in [-0.39, 0.29) is 11.6 Å². The minimum absolute atomic E-state index is 0.0787. The number of nitrogens with two attached hydrogens (primary N) is 1. The van der Waals surface area contributed by atoms with Gasteiger partial charge in [-0.2, -0.15) is 0 Å². The van der Waals surface area contributed by atoms with Crippen molar-refractivity contribution in [1.82, 2.24) is 4.98 Å². The van der Waals surface area contributed by atoms with Gasteiger partial charge in [-0.15, -0.1) is 0 Å². The van der Waals surface area contributed by atoms with Crippen LogP contribution in [0.4, 0.5) is 11.5 Å². The van der Waals surface area contributed by atoms with Crippen LogP contribution in [0.2, 0.25) is 0 Å². The van der Waals surface area contributed by atoms with E-state index in [1.807, 2.05) is 19.9 Å². The predicted octanol–water partition coefficient (Wildman–Crippen LogP) is 2.86. The Kier molecular flexibility index (Phi) is 3.35. The van der Waals surface area contributed by atoms with Crippen molar-refractivity contribution in [1.29, 1.82) is 0 Å². The summed E-state index contributed by atoms with van der Waals surface area (Å²) >= 11 is 0. The zero-order chi connectivity index (χ0) is 14.2. The minimum Gasteiger partial charge on any atom is -0.308 e. The van der Waals surface area contributed by atoms with E-state index in [4.69, 9.17) is 5.84 Å². The molecule has 19 heavy (non-hydrogen) atoms. The number of nitro benzene ring substituents is 1. The Morgan fingerprint density at radius 3 is 2.58 bits per heavy atom. The minimum atomic E-state index is -0.392. The third-order valence-electron chi connectivity index (χ3n) is 3.09. The number of nitrogen functional groups attached to an aromatic ring is 1. The normalized spacial score (nSPS) is 11.0. The second kappa shape index (κ2) is 4.81. The topological polar surface area (TPSA) is 94.1 Å². The Morgan fingerprint density at radius 1 is 1.37 bits per heavy atom. The summed E-state index contributed by atoms with van der Waals surface area (Å²) in [4.78, 5) is 15.0. The number of fused-ring (bicyclic) bond motifs is 1. The van der Waals surface area contributed by atoms with Crippen LogP contribution in [0.1, 0.15) is 30.9 Å². The zero-order valence-electron chi connectivity index (χ0n) is 11.1. The highest BCUT2D eigenvalue weighted by Gasteiger charge is 2.14. The van der Waals surface area contributed by atoms with Crippen molar-refractivity contribution in [2.45, 2.75) is 26.7 Å². The van der Waals surface area contributed by atoms with Gasteiger partial charge in [-0.25, -0.2) is 10.8 Å². The van der Waals surface area contributed by atoms with E-state index in [0.29, 0.717) is 5.82 Å². The Hall–Kier alpha value is -2.21. The average Bonchev–Trinajstić information content (AvgIpc) is 2.36. The van der Waals surface area contributed by atoms with Gasteiger partial charge in [0, 0.05) is 17.5 Å². The van der Waals surface area contributed by atoms with Gasteiger partial charge >= 0.3 is 0 Å². The molecule has 2 rings (SSSR count). The first-order valence-electron chi connectivity index (χ1n) is 6.00. The number of benzene rings is 1. The number of non-ortho nitro benzene ring substituents is 1. The molecule has 0 fully saturated rings. The molecule has 0 saturated carbocycles. The van der Waals surface area contributed by atoms with Crippen molar-refractivity contribution in [3.63, 3.8) is 0 Å². The van der Waals surface area contributed by atoms with E-state index in [0.717, 1.165) is 22.0 Å². The molecule has 0 bridgehead atoms. The quantitative estimate of drug-likeness (QED) is 0.502. The molecule has 6 heteroatoms. The van der Waals surface area contributed by atoms with Gasteiger partial charge in [-0.3, -0.25) is 10.1 Å². The summed E-state index contributed by atoms with van der Waals surface area (Å²) in [5, 5.41) is 11.7. The molecule has 0 radical (unpaired) electrons. The molecule has 1 aromatic carbocycles. The van der Waals surface area contributed by atoms with E-state index in [9.17, 15) is 10.1 Å². The molecule has 0 aliphatic heterocycles. The fourth-order valence-electron chi connectivity index (χ4n) is 2.12. The zero-order valence-corrected chi connectivity index (χ0v) is 11.1. The number of nitrogens with one attached hydrogen (secondary N) is 1. The van der Waals surface area contributed by atoms with Gasteiger partial charge in [-0.1, -0.05) is 13.8 Å². The molecule has 0 spiro atoms. The number of hydrazine groups is 1. The lowest BCUT2D eigenvalue weighted by Crippen LogP contribution is -2.12. The Morgan fingerprint density at radius 2 is 2.05 bits per heavy atom. The standard InChI is InChI=1S/C13H16N4O2/c1-7(2)11-6-9-5-10(17(18)19)4-8(3)12(9)15-13(11)16-14/h4-7H,14H2,1-3H3,(H,15,16). The van der Waals surface area contributed by atoms with Gasteiger partial charge < -0.3 is 5.43 Å². The van der Waals surface area contributed by atoms with Crippen molar-refractivity contribution >= 4 is 22.4 Å². The summed E-state index contributed by atoms with van der Waals surface area (Å²) < 4.78 is 0. The monoisotopic (exact) mass is 260 g/mol. The molecule has 1 heterocycles. The van der Waals surface area contributed by atoms with Gasteiger partial charge in [0.05, 0.1) is 10.4 Å². The Bertz CT molecular complexity index is 653. The molecule has 0 aliphatic carbocycles. The number of hydrogen-bond donors (Lipinski definition) is 2. The molecule has 0 unspecified atom stereocenters. The summed E-state index contributed by atoms with van der Waals surface area (Å²) in [6.07, 6.45) is 0. The number of nitrogens with zero attached hydrogens (tertiary/aromatic N) is 2. The Balaban J connectivity index is 2.78. The lowest BCUT2D eigenvalue weighted by atomic mass is 10.0. The molecule has 100 valence electrons. The van der Waals surface area contributed by atoms with E-state index < -0.39 is 4.92 Å². The largest absolute Gasteiger partial charge is 0.308 e. The molecule has 0 aliphatic rings. The van der Waals surface area contributed by atoms with Gasteiger partial charge in [0.2, 0.25) is 0 Å². The summed E-state index contributed by atoms with van der Waals surface area (Å²) in [5.74, 6) is 6.32. The fourth-order valence-corrected chi connectivity index (χ4v) is 2.12. The maximum Gasteiger partial charge on any atom is 0.270 e. The molecule has 3 N–H and O–H groups in total. The number of anilines is 1. The first-order valence-corrected chi connectivity index (χ1v) is 6.00. The number of rotatable bonds is 3. The second-order valence-corrected chi connectivity index (χ2v) is 4.82. The molecule has 2 aromatic rings. The van der Waals surface area contributed by atoms with Crippen LogP contribution in [0.15, 0.2) is 18.2 Å². The molecule has 1 aromatic heterocycles. The number of pyridine rings is 1. The van der Waals surface area contributed by atoms with Crippen molar-refractivity contribution < 1.29 is 4.92 Å². The fraction of sp³-hybridized carbons (Fsp3) is 0.308. The van der Waals surface area contributed by atoms with Gasteiger partial charge in [0.1, 0.15) is 5.82 Å². The third-order valence-corrected chi connectivity index (χ3v) is 3.09. The third kappa shape index (κ3) is 2.34. The van der Waals surface area contributed by atoms with Crippen molar-refractivity contribution in [3.05, 3.63) is 39.4 Å². The molecule has 0 atom stereocenters. The second-order valence-electron chi connectivity index (χ2n) is 4.82. The van der Waals surface area contributed by atoms with Gasteiger partial charge in [0.15, 0.2) is 0 Å². The van der Waals surface area contributed by atoms with Crippen LogP contribution in [-0.4, -0.2) is 9.91 Å². The SMILES string of the molecule is Cc1cc([N+](=O)[O-])cc2cc(C(C)C)c(NN)nc12. The van der Waals surface area contributed by atoms with E-state index >= 15 is 0 Å². The van der Waals surface area contributed by atoms with Crippen LogP contribution in [-0.2, 0) is 0 Å². The van der Waals surface area contributed by atoms with E-state index in [1.165, 1.54) is 6.07 Å². The first-order chi connectivity index (χ1) is 8.93. The summed E-state index contributed by atoms with van der Waals surface area (Å²) in [5.41, 5.74) is 5.09. The van der Waals surface area contributed by atoms with Crippen molar-refractivity contribution in [2.24, 2.45) is 5.84 Å². The van der Waals surface area contributed by atoms with Crippen LogP contribution in [0.3, 0.4) is 0 Å². The summed E-state index contributed by atoms with van der Waals surface area (Å²) in [6.45, 7) is 5.85. The van der Waals surface area contributed by atoms with Crippen molar-refractivity contribution in [2.75, 3.05) is 5.43 Å². The molecule has 0 saturated heterocycles. The molecular weight excluding hydrogens is 244 g/mol. The molecule has 6 nitrogen and oxygen atoms in total. The van der Waals surface area contributed by atoms with Crippen LogP contribution >= 0.6 is 0 Å². The Labute approximate surface area is 110 Å². The average molecular weight is 260 g/mol. The summed E-state index contributed by atoms with van der Waals surface area (Å²) in [6, 6.07) is 4.97. The number of nitro groups is 1. The summed E-state index contributed by atoms with van der Waals surface area (Å²) in [7, 11) is 0. The number of hydrogen-bond acceptors (Lipinski definition) is 5. The van der Waals surface area contributed by atoms with Gasteiger partial charge in [0.25, 0.3) is 5.69 Å². The highest BCUT2D eigenvalue weighted by Crippen LogP contribution is 2.30. The van der Waals surface area contributed by atoms with Gasteiger partial charge in [-0.05, 0) is 30.0 Å². The van der Waals surface area contributed by atoms with Crippen LogP contribution in [0, 0.1) is 17.0 Å². The van der Waals surface area contributed by atoms with E-state index in [1.54, 1.807) is 13.0 Å². The van der Waals surface area contributed by atoms with Crippen LogP contribution in [0.5, 0.6) is 0 Å². The lowest BCUT2D eigenvalue weighted by Gasteiger charge is -2.13. The lowest BCUT2D eigenvalue weighted by molar-refractivity contribution is -0.384. The predicted molar refractivity (Wildman–Crippen MR) is 75.0 cm³/mol. The van der Waals surface area contributed by atoms with Crippen LogP contribution < -0.4 is 11.3 Å². The molecule has 0 amide bonds. The number of aryl methyl sites for hydroxylation is 1. The molecular formula is C13H16N4O2.